The molecular formula is C14H36O5. The van der Waals surface area contributed by atoms with E-state index in [2.05, 4.69) is 0 Å². The third-order valence-electron chi connectivity index (χ3n) is 2.38. The molecule has 0 radical (unpaired) electrons. The standard InChI is InChI=1S/C11H24O5.3CH4/c1-9(15-2)4-3-5-10(13)7-16-8-11(14)6-12;;;/h9-14H,3-8H2,1-2H3;3*1H4. The van der Waals surface area contributed by atoms with E-state index in [1.54, 1.807) is 7.11 Å². The Balaban J connectivity index is -0.000000375. The van der Waals surface area contributed by atoms with Crippen LogP contribution in [0.2, 0.25) is 0 Å². The molecule has 5 heteroatoms. The quantitative estimate of drug-likeness (QED) is 0.570. The number of hydrogen-bond donors (Lipinski definition) is 3. The lowest BCUT2D eigenvalue weighted by Crippen LogP contribution is -2.23. The van der Waals surface area contributed by atoms with Crippen LogP contribution in [0.25, 0.3) is 0 Å². The lowest BCUT2D eigenvalue weighted by Gasteiger charge is -2.14. The maximum atomic E-state index is 9.51. The van der Waals surface area contributed by atoms with E-state index in [9.17, 15) is 5.11 Å². The first-order valence-corrected chi connectivity index (χ1v) is 5.67. The van der Waals surface area contributed by atoms with Gasteiger partial charge in [-0.15, -0.1) is 0 Å². The van der Waals surface area contributed by atoms with Crippen molar-refractivity contribution >= 4 is 0 Å². The molecule has 19 heavy (non-hydrogen) atoms. The largest absolute Gasteiger partial charge is 0.394 e. The molecule has 0 rings (SSSR count). The maximum absolute atomic E-state index is 9.51. The van der Waals surface area contributed by atoms with Crippen molar-refractivity contribution in [2.24, 2.45) is 0 Å². The molecule has 0 heterocycles. The van der Waals surface area contributed by atoms with Gasteiger partial charge in [-0.2, -0.15) is 0 Å². The minimum absolute atomic E-state index is 0. The molecule has 0 aromatic carbocycles. The Kier molecular flexibility index (Phi) is 25.5. The Labute approximate surface area is 119 Å². The lowest BCUT2D eigenvalue weighted by molar-refractivity contribution is -0.0268. The summed E-state index contributed by atoms with van der Waals surface area (Å²) in [4.78, 5) is 0. The van der Waals surface area contributed by atoms with Crippen molar-refractivity contribution in [1.29, 1.82) is 0 Å². The molecule has 0 saturated carbocycles. The van der Waals surface area contributed by atoms with Crippen LogP contribution >= 0.6 is 0 Å². The van der Waals surface area contributed by atoms with Gasteiger partial charge >= 0.3 is 0 Å². The second kappa shape index (κ2) is 17.8. The van der Waals surface area contributed by atoms with Gasteiger partial charge in [-0.1, -0.05) is 22.3 Å². The normalized spacial score (nSPS) is 14.4. The average Bonchev–Trinajstić information content (AvgIpc) is 2.28. The van der Waals surface area contributed by atoms with E-state index in [0.717, 1.165) is 12.8 Å². The maximum Gasteiger partial charge on any atom is 0.100 e. The molecule has 0 saturated heterocycles. The van der Waals surface area contributed by atoms with E-state index in [-0.39, 0.29) is 48.2 Å². The fourth-order valence-corrected chi connectivity index (χ4v) is 1.23. The fourth-order valence-electron chi connectivity index (χ4n) is 1.23. The minimum atomic E-state index is -0.860. The summed E-state index contributed by atoms with van der Waals surface area (Å²) in [6.07, 6.45) is 1.28. The van der Waals surface area contributed by atoms with Crippen LogP contribution < -0.4 is 0 Å². The highest BCUT2D eigenvalue weighted by Crippen LogP contribution is 2.06. The van der Waals surface area contributed by atoms with Gasteiger partial charge in [0.05, 0.1) is 32.0 Å². The van der Waals surface area contributed by atoms with Crippen LogP contribution in [-0.4, -0.2) is 60.6 Å². The zero-order chi connectivity index (χ0) is 12.4. The molecule has 0 aliphatic carbocycles. The Bertz CT molecular complexity index is 139. The number of rotatable bonds is 10. The minimum Gasteiger partial charge on any atom is -0.394 e. The lowest BCUT2D eigenvalue weighted by atomic mass is 10.1. The number of hydrogen-bond acceptors (Lipinski definition) is 5. The van der Waals surface area contributed by atoms with Crippen molar-refractivity contribution in [3.63, 3.8) is 0 Å². The van der Waals surface area contributed by atoms with Crippen LogP contribution in [0.15, 0.2) is 0 Å². The molecule has 3 unspecified atom stereocenters. The number of ether oxygens (including phenoxy) is 2. The van der Waals surface area contributed by atoms with Gasteiger partial charge in [-0.3, -0.25) is 0 Å². The van der Waals surface area contributed by atoms with Crippen LogP contribution in [0.1, 0.15) is 48.5 Å². The van der Waals surface area contributed by atoms with Gasteiger partial charge in [0, 0.05) is 7.11 Å². The molecule has 0 aromatic rings. The topological polar surface area (TPSA) is 79.2 Å². The van der Waals surface area contributed by atoms with Crippen LogP contribution in [0.4, 0.5) is 0 Å². The number of methoxy groups -OCH3 is 1. The van der Waals surface area contributed by atoms with Crippen molar-refractivity contribution < 1.29 is 24.8 Å². The van der Waals surface area contributed by atoms with Gasteiger partial charge in [0.15, 0.2) is 0 Å². The van der Waals surface area contributed by atoms with Crippen LogP contribution in [0.5, 0.6) is 0 Å². The zero-order valence-electron chi connectivity index (χ0n) is 10.1. The molecule has 0 bridgehead atoms. The molecule has 0 aromatic heterocycles. The van der Waals surface area contributed by atoms with Crippen molar-refractivity contribution in [3.8, 4) is 0 Å². The highest BCUT2D eigenvalue weighted by molar-refractivity contribution is 4.58. The predicted molar refractivity (Wildman–Crippen MR) is 80.4 cm³/mol. The van der Waals surface area contributed by atoms with Crippen molar-refractivity contribution in [3.05, 3.63) is 0 Å². The summed E-state index contributed by atoms with van der Waals surface area (Å²) in [7, 11) is 1.67. The number of aliphatic hydroxyl groups excluding tert-OH is 3. The molecule has 3 atom stereocenters. The molecule has 0 fully saturated rings. The van der Waals surface area contributed by atoms with E-state index in [1.807, 2.05) is 6.92 Å². The molecule has 3 N–H and O–H groups in total. The number of aliphatic hydroxyl groups is 3. The van der Waals surface area contributed by atoms with E-state index in [4.69, 9.17) is 19.7 Å². The van der Waals surface area contributed by atoms with E-state index in [0.29, 0.717) is 6.42 Å². The zero-order valence-corrected chi connectivity index (χ0v) is 10.1. The molecular weight excluding hydrogens is 248 g/mol. The van der Waals surface area contributed by atoms with Crippen LogP contribution in [0.3, 0.4) is 0 Å². The summed E-state index contributed by atoms with van der Waals surface area (Å²) in [6, 6.07) is 0. The fraction of sp³-hybridized carbons (Fsp3) is 1.00. The molecule has 0 aliphatic rings. The summed E-state index contributed by atoms with van der Waals surface area (Å²) >= 11 is 0. The Morgan fingerprint density at radius 1 is 0.947 bits per heavy atom. The summed E-state index contributed by atoms with van der Waals surface area (Å²) in [6.45, 7) is 1.92. The summed E-state index contributed by atoms with van der Waals surface area (Å²) in [5.41, 5.74) is 0. The molecule has 0 amide bonds. The van der Waals surface area contributed by atoms with Gasteiger partial charge < -0.3 is 24.8 Å². The van der Waals surface area contributed by atoms with E-state index < -0.39 is 12.2 Å². The molecule has 0 aliphatic heterocycles. The molecule has 0 spiro atoms. The smallest absolute Gasteiger partial charge is 0.100 e. The SMILES string of the molecule is C.C.C.COC(C)CCCC(O)COCC(O)CO. The van der Waals surface area contributed by atoms with E-state index in [1.165, 1.54) is 0 Å². The van der Waals surface area contributed by atoms with Gasteiger partial charge in [0.1, 0.15) is 6.10 Å². The second-order valence-corrected chi connectivity index (χ2v) is 4.00. The average molecular weight is 284 g/mol. The first kappa shape index (κ1) is 27.2. The second-order valence-electron chi connectivity index (χ2n) is 4.00. The van der Waals surface area contributed by atoms with Crippen LogP contribution in [-0.2, 0) is 9.47 Å². The monoisotopic (exact) mass is 284 g/mol. The Hall–Kier alpha value is -0.200. The van der Waals surface area contributed by atoms with E-state index >= 15 is 0 Å². The highest BCUT2D eigenvalue weighted by Gasteiger charge is 2.08. The molecule has 122 valence electrons. The first-order chi connectivity index (χ1) is 7.60. The first-order valence-electron chi connectivity index (χ1n) is 5.67. The highest BCUT2D eigenvalue weighted by atomic mass is 16.5. The van der Waals surface area contributed by atoms with Gasteiger partial charge in [0.2, 0.25) is 0 Å². The molecule has 5 nitrogen and oxygen atoms in total. The van der Waals surface area contributed by atoms with Crippen molar-refractivity contribution in [1.82, 2.24) is 0 Å². The van der Waals surface area contributed by atoms with Gasteiger partial charge in [0.25, 0.3) is 0 Å². The summed E-state index contributed by atoms with van der Waals surface area (Å²) in [5.74, 6) is 0. The Morgan fingerprint density at radius 2 is 1.47 bits per heavy atom. The van der Waals surface area contributed by atoms with Crippen molar-refractivity contribution in [2.45, 2.75) is 66.8 Å². The predicted octanol–water partition coefficient (Wildman–Crippen LogP) is 1.83. The van der Waals surface area contributed by atoms with Crippen LogP contribution in [0, 0.1) is 0 Å². The third kappa shape index (κ3) is 17.8. The summed E-state index contributed by atoms with van der Waals surface area (Å²) < 4.78 is 10.1. The van der Waals surface area contributed by atoms with Gasteiger partial charge in [-0.25, -0.2) is 0 Å². The summed E-state index contributed by atoms with van der Waals surface area (Å²) in [5, 5.41) is 27.0. The van der Waals surface area contributed by atoms with Gasteiger partial charge in [-0.05, 0) is 26.2 Å². The van der Waals surface area contributed by atoms with Crippen molar-refractivity contribution in [2.75, 3.05) is 26.9 Å². The third-order valence-corrected chi connectivity index (χ3v) is 2.38. The Morgan fingerprint density at radius 3 is 1.95 bits per heavy atom.